The van der Waals surface area contributed by atoms with Gasteiger partial charge in [-0.05, 0) is 18.3 Å². The zero-order valence-corrected chi connectivity index (χ0v) is 10.2. The molecule has 1 aromatic heterocycles. The Hall–Kier alpha value is -0.840. The predicted molar refractivity (Wildman–Crippen MR) is 61.0 cm³/mol. The summed E-state index contributed by atoms with van der Waals surface area (Å²) >= 11 is 3.48. The molecule has 0 atom stereocenters. The molecule has 0 unspecified atom stereocenters. The molecule has 0 bridgehead atoms. The molecule has 1 saturated carbocycles. The van der Waals surface area contributed by atoms with Crippen LogP contribution in [-0.4, -0.2) is 27.3 Å². The van der Waals surface area contributed by atoms with Crippen LogP contribution in [0.3, 0.4) is 0 Å². The van der Waals surface area contributed by atoms with Crippen molar-refractivity contribution in [3.63, 3.8) is 0 Å². The van der Waals surface area contributed by atoms with E-state index < -0.39 is 0 Å². The molecule has 15 heavy (non-hydrogen) atoms. The van der Waals surface area contributed by atoms with Crippen LogP contribution in [0.4, 0.5) is 0 Å². The number of carbonyl (C=O) groups is 1. The fraction of sp³-hybridized carbons (Fsp3) is 0.600. The van der Waals surface area contributed by atoms with E-state index in [1.165, 1.54) is 12.8 Å². The molecule has 1 aliphatic carbocycles. The van der Waals surface area contributed by atoms with Crippen molar-refractivity contribution < 1.29 is 4.79 Å². The van der Waals surface area contributed by atoms with Gasteiger partial charge in [0, 0.05) is 18.9 Å². The van der Waals surface area contributed by atoms with E-state index in [2.05, 4.69) is 26.2 Å². The summed E-state index contributed by atoms with van der Waals surface area (Å²) in [5.41, 5.74) is 0.925. The van der Waals surface area contributed by atoms with Crippen LogP contribution in [0, 0.1) is 5.41 Å². The van der Waals surface area contributed by atoms with Gasteiger partial charge in [-0.15, -0.1) is 0 Å². The molecule has 1 heterocycles. The first-order valence-corrected chi connectivity index (χ1v) is 6.09. The van der Waals surface area contributed by atoms with Gasteiger partial charge in [-0.25, -0.2) is 4.98 Å². The van der Waals surface area contributed by atoms with Crippen molar-refractivity contribution in [1.82, 2.24) is 14.9 Å². The van der Waals surface area contributed by atoms with Crippen LogP contribution in [-0.2, 0) is 7.05 Å². The standard InChI is InChI=1S/C10H14BrN3O/c1-14-7-12-4-8(14)9(15)13-6-10(5-11)2-3-10/h4,7H,2-3,5-6H2,1H3,(H,13,15). The van der Waals surface area contributed by atoms with Crippen molar-refractivity contribution in [3.8, 4) is 0 Å². The molecule has 5 heteroatoms. The maximum Gasteiger partial charge on any atom is 0.269 e. The highest BCUT2D eigenvalue weighted by molar-refractivity contribution is 9.09. The van der Waals surface area contributed by atoms with Crippen molar-refractivity contribution in [2.24, 2.45) is 12.5 Å². The number of imidazole rings is 1. The first-order chi connectivity index (χ1) is 7.17. The van der Waals surface area contributed by atoms with Crippen LogP contribution < -0.4 is 5.32 Å². The number of aromatic nitrogens is 2. The van der Waals surface area contributed by atoms with E-state index in [-0.39, 0.29) is 5.91 Å². The van der Waals surface area contributed by atoms with Crippen molar-refractivity contribution in [1.29, 1.82) is 0 Å². The number of hydrogen-bond donors (Lipinski definition) is 1. The Morgan fingerprint density at radius 2 is 2.47 bits per heavy atom. The van der Waals surface area contributed by atoms with E-state index in [4.69, 9.17) is 0 Å². The summed E-state index contributed by atoms with van der Waals surface area (Å²) in [5, 5.41) is 3.91. The van der Waals surface area contributed by atoms with Gasteiger partial charge in [0.25, 0.3) is 5.91 Å². The lowest BCUT2D eigenvalue weighted by molar-refractivity contribution is 0.0938. The van der Waals surface area contributed by atoms with Crippen LogP contribution in [0.15, 0.2) is 12.5 Å². The average molecular weight is 272 g/mol. The third-order valence-corrected chi connectivity index (χ3v) is 4.10. The van der Waals surface area contributed by atoms with Crippen LogP contribution in [0.2, 0.25) is 0 Å². The van der Waals surface area contributed by atoms with Gasteiger partial charge in [-0.2, -0.15) is 0 Å². The molecule has 4 nitrogen and oxygen atoms in total. The van der Waals surface area contributed by atoms with Crippen LogP contribution in [0.5, 0.6) is 0 Å². The molecule has 1 amide bonds. The van der Waals surface area contributed by atoms with Gasteiger partial charge >= 0.3 is 0 Å². The van der Waals surface area contributed by atoms with E-state index in [0.717, 1.165) is 11.9 Å². The summed E-state index contributed by atoms with van der Waals surface area (Å²) in [6.45, 7) is 0.752. The number of halogens is 1. The fourth-order valence-electron chi connectivity index (χ4n) is 1.47. The average Bonchev–Trinajstić information content (AvgIpc) is 2.91. The van der Waals surface area contributed by atoms with Crippen LogP contribution >= 0.6 is 15.9 Å². The highest BCUT2D eigenvalue weighted by Gasteiger charge is 2.41. The Kier molecular flexibility index (Phi) is 2.82. The van der Waals surface area contributed by atoms with Gasteiger partial charge in [0.15, 0.2) is 0 Å². The summed E-state index contributed by atoms with van der Waals surface area (Å²) < 4.78 is 1.73. The molecule has 0 aliphatic heterocycles. The number of nitrogens with one attached hydrogen (secondary N) is 1. The third-order valence-electron chi connectivity index (χ3n) is 2.91. The molecule has 0 spiro atoms. The van der Waals surface area contributed by atoms with Crippen LogP contribution in [0.25, 0.3) is 0 Å². The van der Waals surface area contributed by atoms with E-state index in [1.807, 2.05) is 7.05 Å². The van der Waals surface area contributed by atoms with E-state index in [9.17, 15) is 4.79 Å². The molecule has 0 aromatic carbocycles. The SMILES string of the molecule is Cn1cncc1C(=O)NCC1(CBr)CC1. The highest BCUT2D eigenvalue weighted by atomic mass is 79.9. The van der Waals surface area contributed by atoms with Gasteiger partial charge < -0.3 is 9.88 Å². The van der Waals surface area contributed by atoms with E-state index in [0.29, 0.717) is 11.1 Å². The van der Waals surface area contributed by atoms with Gasteiger partial charge in [0.1, 0.15) is 5.69 Å². The first-order valence-electron chi connectivity index (χ1n) is 4.97. The molecular weight excluding hydrogens is 258 g/mol. The summed E-state index contributed by atoms with van der Waals surface area (Å²) in [4.78, 5) is 15.6. The molecule has 0 saturated heterocycles. The minimum Gasteiger partial charge on any atom is -0.350 e. The lowest BCUT2D eigenvalue weighted by Crippen LogP contribution is -2.31. The lowest BCUT2D eigenvalue weighted by Gasteiger charge is -2.12. The second kappa shape index (κ2) is 3.96. The summed E-state index contributed by atoms with van der Waals surface area (Å²) in [6.07, 6.45) is 5.61. The lowest BCUT2D eigenvalue weighted by atomic mass is 10.1. The zero-order valence-electron chi connectivity index (χ0n) is 8.66. The number of carbonyl (C=O) groups excluding carboxylic acids is 1. The van der Waals surface area contributed by atoms with Crippen molar-refractivity contribution >= 4 is 21.8 Å². The summed E-state index contributed by atoms with van der Waals surface area (Å²) in [6, 6.07) is 0. The highest BCUT2D eigenvalue weighted by Crippen LogP contribution is 2.46. The summed E-state index contributed by atoms with van der Waals surface area (Å²) in [5.74, 6) is -0.0396. The van der Waals surface area contributed by atoms with Crippen molar-refractivity contribution in [2.75, 3.05) is 11.9 Å². The number of rotatable bonds is 4. The molecule has 2 rings (SSSR count). The summed E-state index contributed by atoms with van der Waals surface area (Å²) in [7, 11) is 1.82. The molecule has 1 aromatic rings. The van der Waals surface area contributed by atoms with Gasteiger partial charge in [0.05, 0.1) is 12.5 Å². The van der Waals surface area contributed by atoms with E-state index in [1.54, 1.807) is 17.1 Å². The Bertz CT molecular complexity index is 370. The normalized spacial score (nSPS) is 17.5. The molecule has 1 N–H and O–H groups in total. The van der Waals surface area contributed by atoms with Gasteiger partial charge in [-0.1, -0.05) is 15.9 Å². The van der Waals surface area contributed by atoms with Gasteiger partial charge in [-0.3, -0.25) is 4.79 Å². The monoisotopic (exact) mass is 271 g/mol. The number of aryl methyl sites for hydroxylation is 1. The molecule has 0 radical (unpaired) electrons. The third kappa shape index (κ3) is 2.22. The Labute approximate surface area is 97.2 Å². The quantitative estimate of drug-likeness (QED) is 0.840. The van der Waals surface area contributed by atoms with Gasteiger partial charge in [0.2, 0.25) is 0 Å². The largest absolute Gasteiger partial charge is 0.350 e. The molecular formula is C10H14BrN3O. The smallest absolute Gasteiger partial charge is 0.269 e. The van der Waals surface area contributed by atoms with Crippen LogP contribution in [0.1, 0.15) is 23.3 Å². The minimum absolute atomic E-state index is 0.0396. The number of alkyl halides is 1. The number of amides is 1. The molecule has 82 valence electrons. The second-order valence-electron chi connectivity index (χ2n) is 4.21. The first kappa shape index (κ1) is 10.7. The van der Waals surface area contributed by atoms with Crippen molar-refractivity contribution in [2.45, 2.75) is 12.8 Å². The maximum absolute atomic E-state index is 11.7. The maximum atomic E-state index is 11.7. The number of nitrogens with zero attached hydrogens (tertiary/aromatic N) is 2. The molecule has 1 aliphatic rings. The Balaban J connectivity index is 1.91. The van der Waals surface area contributed by atoms with E-state index >= 15 is 0 Å². The minimum atomic E-state index is -0.0396. The molecule has 1 fully saturated rings. The van der Waals surface area contributed by atoms with Crippen molar-refractivity contribution in [3.05, 3.63) is 18.2 Å². The zero-order chi connectivity index (χ0) is 10.9. The Morgan fingerprint density at radius 3 is 2.93 bits per heavy atom. The fourth-order valence-corrected chi connectivity index (χ4v) is 2.23. The predicted octanol–water partition coefficient (Wildman–Crippen LogP) is 1.32. The number of hydrogen-bond acceptors (Lipinski definition) is 2. The second-order valence-corrected chi connectivity index (χ2v) is 4.77. The topological polar surface area (TPSA) is 46.9 Å². The Morgan fingerprint density at radius 1 is 1.73 bits per heavy atom.